The number of non-ortho nitro benzene ring substituents is 1. The highest BCUT2D eigenvalue weighted by Crippen LogP contribution is 2.30. The summed E-state index contributed by atoms with van der Waals surface area (Å²) < 4.78 is 10.6. The van der Waals surface area contributed by atoms with Gasteiger partial charge in [0.15, 0.2) is 0 Å². The first kappa shape index (κ1) is 17.1. The Labute approximate surface area is 142 Å². The first-order chi connectivity index (χ1) is 11.7. The molecule has 2 aliphatic rings. The number of nitro benzene ring substituents is 1. The normalized spacial score (nSPS) is 22.0. The molecular formula is C17H25N3O4. The van der Waals surface area contributed by atoms with Crippen molar-refractivity contribution >= 4 is 11.4 Å². The number of methoxy groups -OCH3 is 1. The lowest BCUT2D eigenvalue weighted by atomic mass is 10.1. The lowest BCUT2D eigenvalue weighted by molar-refractivity contribution is -0.384. The maximum absolute atomic E-state index is 11.0. The first-order valence-corrected chi connectivity index (χ1v) is 8.48. The zero-order valence-electron chi connectivity index (χ0n) is 14.1. The summed E-state index contributed by atoms with van der Waals surface area (Å²) in [6, 6.07) is 5.08. The number of benzene rings is 1. The van der Waals surface area contributed by atoms with Gasteiger partial charge >= 0.3 is 0 Å². The Hall–Kier alpha value is -1.70. The zero-order valence-corrected chi connectivity index (χ0v) is 14.1. The second-order valence-electron chi connectivity index (χ2n) is 6.52. The predicted octanol–water partition coefficient (Wildman–Crippen LogP) is 1.90. The van der Waals surface area contributed by atoms with E-state index >= 15 is 0 Å². The van der Waals surface area contributed by atoms with E-state index in [-0.39, 0.29) is 10.6 Å². The number of nitrogens with zero attached hydrogens (tertiary/aromatic N) is 3. The average molecular weight is 335 g/mol. The van der Waals surface area contributed by atoms with E-state index in [1.807, 2.05) is 6.07 Å². The molecule has 132 valence electrons. The molecule has 7 heteroatoms. The van der Waals surface area contributed by atoms with Gasteiger partial charge in [-0.25, -0.2) is 0 Å². The highest BCUT2D eigenvalue weighted by Gasteiger charge is 2.27. The van der Waals surface area contributed by atoms with Crippen LogP contribution < -0.4 is 4.90 Å². The summed E-state index contributed by atoms with van der Waals surface area (Å²) >= 11 is 0. The first-order valence-electron chi connectivity index (χ1n) is 8.48. The van der Waals surface area contributed by atoms with Crippen LogP contribution in [-0.4, -0.2) is 62.9 Å². The van der Waals surface area contributed by atoms with Crippen molar-refractivity contribution in [1.82, 2.24) is 4.90 Å². The van der Waals surface area contributed by atoms with Gasteiger partial charge in [-0.1, -0.05) is 0 Å². The molecule has 0 aliphatic carbocycles. The highest BCUT2D eigenvalue weighted by atomic mass is 16.6. The molecule has 1 aromatic carbocycles. The molecule has 0 N–H and O–H groups in total. The summed E-state index contributed by atoms with van der Waals surface area (Å²) in [6.07, 6.45) is 1.15. The van der Waals surface area contributed by atoms with Crippen molar-refractivity contribution in [2.45, 2.75) is 13.0 Å². The summed E-state index contributed by atoms with van der Waals surface area (Å²) in [7, 11) is 1.62. The second-order valence-corrected chi connectivity index (χ2v) is 6.52. The number of hydrogen-bond acceptors (Lipinski definition) is 6. The molecule has 1 aromatic rings. The third kappa shape index (κ3) is 4.03. The Balaban J connectivity index is 1.66. The van der Waals surface area contributed by atoms with Gasteiger partial charge in [-0.05, 0) is 18.4 Å². The van der Waals surface area contributed by atoms with E-state index in [1.165, 1.54) is 0 Å². The Morgan fingerprint density at radius 3 is 2.83 bits per heavy atom. The third-order valence-electron chi connectivity index (χ3n) is 4.82. The minimum atomic E-state index is -0.353. The van der Waals surface area contributed by atoms with E-state index in [4.69, 9.17) is 9.47 Å². The highest BCUT2D eigenvalue weighted by molar-refractivity contribution is 5.58. The van der Waals surface area contributed by atoms with Crippen LogP contribution >= 0.6 is 0 Å². The molecule has 0 aromatic heterocycles. The van der Waals surface area contributed by atoms with Gasteiger partial charge in [0.05, 0.1) is 24.7 Å². The lowest BCUT2D eigenvalue weighted by Gasteiger charge is -2.29. The van der Waals surface area contributed by atoms with Crippen molar-refractivity contribution in [3.05, 3.63) is 33.9 Å². The van der Waals surface area contributed by atoms with E-state index in [9.17, 15) is 10.1 Å². The van der Waals surface area contributed by atoms with E-state index in [0.29, 0.717) is 12.5 Å². The molecule has 0 amide bonds. The van der Waals surface area contributed by atoms with Crippen molar-refractivity contribution in [3.63, 3.8) is 0 Å². The average Bonchev–Trinajstić information content (AvgIpc) is 3.04. The lowest BCUT2D eigenvalue weighted by Crippen LogP contribution is -2.39. The monoisotopic (exact) mass is 335 g/mol. The van der Waals surface area contributed by atoms with Crippen LogP contribution in [0.15, 0.2) is 18.2 Å². The third-order valence-corrected chi connectivity index (χ3v) is 4.82. The molecule has 24 heavy (non-hydrogen) atoms. The molecule has 0 spiro atoms. The van der Waals surface area contributed by atoms with Crippen LogP contribution in [0.2, 0.25) is 0 Å². The van der Waals surface area contributed by atoms with Crippen LogP contribution in [-0.2, 0) is 16.1 Å². The molecule has 7 nitrogen and oxygen atoms in total. The van der Waals surface area contributed by atoms with Crippen molar-refractivity contribution in [1.29, 1.82) is 0 Å². The minimum Gasteiger partial charge on any atom is -0.380 e. The summed E-state index contributed by atoms with van der Waals surface area (Å²) in [6.45, 7) is 7.17. The molecule has 2 saturated heterocycles. The second kappa shape index (κ2) is 7.92. The largest absolute Gasteiger partial charge is 0.380 e. The van der Waals surface area contributed by atoms with Crippen LogP contribution in [0, 0.1) is 16.0 Å². The fourth-order valence-corrected chi connectivity index (χ4v) is 3.61. The Bertz CT molecular complexity index is 575. The van der Waals surface area contributed by atoms with Gasteiger partial charge in [-0.2, -0.15) is 0 Å². The number of nitro groups is 1. The summed E-state index contributed by atoms with van der Waals surface area (Å²) in [5, 5.41) is 11.0. The topological polar surface area (TPSA) is 68.1 Å². The van der Waals surface area contributed by atoms with Crippen LogP contribution in [0.1, 0.15) is 12.0 Å². The summed E-state index contributed by atoms with van der Waals surface area (Å²) in [5.41, 5.74) is 2.07. The molecule has 0 bridgehead atoms. The molecule has 1 unspecified atom stereocenters. The minimum absolute atomic E-state index is 0.120. The van der Waals surface area contributed by atoms with Crippen molar-refractivity contribution in [3.8, 4) is 0 Å². The quantitative estimate of drug-likeness (QED) is 0.584. The van der Waals surface area contributed by atoms with Gasteiger partial charge in [-0.3, -0.25) is 15.0 Å². The van der Waals surface area contributed by atoms with Gasteiger partial charge in [0.2, 0.25) is 0 Å². The van der Waals surface area contributed by atoms with Gasteiger partial charge in [0.1, 0.15) is 0 Å². The molecule has 2 fully saturated rings. The number of ether oxygens (including phenoxy) is 2. The Kier molecular flexibility index (Phi) is 5.65. The number of morpholine rings is 1. The number of anilines is 1. The molecule has 0 radical (unpaired) electrons. The van der Waals surface area contributed by atoms with E-state index < -0.39 is 0 Å². The van der Waals surface area contributed by atoms with E-state index in [2.05, 4.69) is 9.80 Å². The molecule has 2 aliphatic heterocycles. The number of hydrogen-bond donors (Lipinski definition) is 0. The maximum Gasteiger partial charge on any atom is 0.269 e. The molecular weight excluding hydrogens is 310 g/mol. The molecule has 1 atom stereocenters. The molecule has 3 rings (SSSR count). The van der Waals surface area contributed by atoms with E-state index in [0.717, 1.165) is 63.6 Å². The van der Waals surface area contributed by atoms with Crippen LogP contribution in [0.3, 0.4) is 0 Å². The van der Waals surface area contributed by atoms with Crippen LogP contribution in [0.25, 0.3) is 0 Å². The van der Waals surface area contributed by atoms with Crippen LogP contribution in [0.5, 0.6) is 0 Å². The van der Waals surface area contributed by atoms with Gasteiger partial charge in [0.25, 0.3) is 5.69 Å². The standard InChI is InChI=1S/C17H25N3O4/c1-23-13-15-10-16(20(21)22)2-3-17(15)19-5-4-14(12-19)11-18-6-8-24-9-7-18/h2-3,10,14H,4-9,11-13H2,1H3. The smallest absolute Gasteiger partial charge is 0.269 e. The van der Waals surface area contributed by atoms with Gasteiger partial charge in [-0.15, -0.1) is 0 Å². The summed E-state index contributed by atoms with van der Waals surface area (Å²) in [4.78, 5) is 15.5. The SMILES string of the molecule is COCc1cc([N+](=O)[O-])ccc1N1CCC(CN2CCOCC2)C1. The Morgan fingerprint density at radius 1 is 1.33 bits per heavy atom. The van der Waals surface area contributed by atoms with E-state index in [1.54, 1.807) is 19.2 Å². The Morgan fingerprint density at radius 2 is 2.12 bits per heavy atom. The predicted molar refractivity (Wildman–Crippen MR) is 91.4 cm³/mol. The zero-order chi connectivity index (χ0) is 16.9. The maximum atomic E-state index is 11.0. The fourth-order valence-electron chi connectivity index (χ4n) is 3.61. The molecule has 2 heterocycles. The van der Waals surface area contributed by atoms with Crippen molar-refractivity contribution in [2.75, 3.05) is 57.9 Å². The summed E-state index contributed by atoms with van der Waals surface area (Å²) in [5.74, 6) is 0.633. The van der Waals surface area contributed by atoms with Crippen molar-refractivity contribution < 1.29 is 14.4 Å². The molecule has 0 saturated carbocycles. The number of rotatable bonds is 6. The van der Waals surface area contributed by atoms with Crippen molar-refractivity contribution in [2.24, 2.45) is 5.92 Å². The van der Waals surface area contributed by atoms with Gasteiger partial charge < -0.3 is 14.4 Å². The van der Waals surface area contributed by atoms with Gasteiger partial charge in [0, 0.05) is 63.2 Å². The van der Waals surface area contributed by atoms with Crippen LogP contribution in [0.4, 0.5) is 11.4 Å². The fraction of sp³-hybridized carbons (Fsp3) is 0.647.